The largest absolute Gasteiger partial charge is 0.480 e. The molecule has 4 unspecified atom stereocenters. The van der Waals surface area contributed by atoms with E-state index >= 15 is 0 Å². The molecule has 10 N–H and O–H groups in total. The SMILES string of the molecule is CC(NC(=O)C(N)CC(N)=O)C(=O)NC(CC(N)=O)C(=O)NC(CS)C(=O)O. The number of hydrogen-bond acceptors (Lipinski definition) is 8. The number of nitrogens with two attached hydrogens (primary N) is 3. The molecule has 0 heterocycles. The van der Waals surface area contributed by atoms with Gasteiger partial charge >= 0.3 is 5.97 Å². The molecule has 0 saturated heterocycles. The number of primary amides is 2. The molecule has 0 aliphatic rings. The van der Waals surface area contributed by atoms with Crippen LogP contribution in [0.5, 0.6) is 0 Å². The Hall–Kier alpha value is -2.87. The molecule has 4 atom stereocenters. The zero-order chi connectivity index (χ0) is 22.0. The van der Waals surface area contributed by atoms with Crippen LogP contribution < -0.4 is 33.2 Å². The number of hydrogen-bond donors (Lipinski definition) is 8. The summed E-state index contributed by atoms with van der Waals surface area (Å²) in [6.07, 6.45) is -1.05. The van der Waals surface area contributed by atoms with Gasteiger partial charge in [0.1, 0.15) is 18.1 Å². The van der Waals surface area contributed by atoms with E-state index in [-0.39, 0.29) is 5.75 Å². The molecule has 0 aromatic carbocycles. The topological polar surface area (TPSA) is 237 Å². The van der Waals surface area contributed by atoms with Crippen molar-refractivity contribution < 1.29 is 33.9 Å². The van der Waals surface area contributed by atoms with E-state index in [4.69, 9.17) is 22.3 Å². The van der Waals surface area contributed by atoms with Crippen LogP contribution in [0.4, 0.5) is 0 Å². The van der Waals surface area contributed by atoms with Gasteiger partial charge in [0.15, 0.2) is 0 Å². The van der Waals surface area contributed by atoms with Gasteiger partial charge in [-0.1, -0.05) is 0 Å². The number of thiol groups is 1. The van der Waals surface area contributed by atoms with Gasteiger partial charge in [-0.15, -0.1) is 0 Å². The fraction of sp³-hybridized carbons (Fsp3) is 0.571. The van der Waals surface area contributed by atoms with E-state index < -0.39 is 72.5 Å². The fourth-order valence-corrected chi connectivity index (χ4v) is 2.11. The van der Waals surface area contributed by atoms with Crippen LogP contribution in [0.3, 0.4) is 0 Å². The summed E-state index contributed by atoms with van der Waals surface area (Å²) >= 11 is 3.78. The lowest BCUT2D eigenvalue weighted by Crippen LogP contribution is -2.57. The summed E-state index contributed by atoms with van der Waals surface area (Å²) in [6.45, 7) is 1.26. The maximum absolute atomic E-state index is 12.2. The first kappa shape index (κ1) is 25.1. The summed E-state index contributed by atoms with van der Waals surface area (Å²) in [7, 11) is 0. The highest BCUT2D eigenvalue weighted by atomic mass is 32.1. The third-order valence-corrected chi connectivity index (χ3v) is 3.71. The van der Waals surface area contributed by atoms with Crippen LogP contribution in [-0.4, -0.2) is 70.5 Å². The molecule has 0 bridgehead atoms. The van der Waals surface area contributed by atoms with Gasteiger partial charge < -0.3 is 38.3 Å². The summed E-state index contributed by atoms with van der Waals surface area (Å²) in [5, 5.41) is 15.4. The van der Waals surface area contributed by atoms with Gasteiger partial charge in [-0.3, -0.25) is 24.0 Å². The summed E-state index contributed by atoms with van der Waals surface area (Å²) in [5.41, 5.74) is 15.4. The highest BCUT2D eigenvalue weighted by Crippen LogP contribution is 1.98. The average Bonchev–Trinajstić information content (AvgIpc) is 2.57. The quantitative estimate of drug-likeness (QED) is 0.143. The number of carboxylic acids is 1. The van der Waals surface area contributed by atoms with Gasteiger partial charge in [-0.05, 0) is 6.92 Å². The second-order valence-corrected chi connectivity index (χ2v) is 6.19. The van der Waals surface area contributed by atoms with Crippen LogP contribution in [0.25, 0.3) is 0 Å². The lowest BCUT2D eigenvalue weighted by atomic mass is 10.1. The van der Waals surface area contributed by atoms with Gasteiger partial charge in [0.2, 0.25) is 29.5 Å². The molecule has 0 aromatic heterocycles. The van der Waals surface area contributed by atoms with Crippen molar-refractivity contribution in [3.05, 3.63) is 0 Å². The predicted octanol–water partition coefficient (Wildman–Crippen LogP) is -4.45. The summed E-state index contributed by atoms with van der Waals surface area (Å²) in [6, 6.07) is -5.31. The van der Waals surface area contributed by atoms with Crippen molar-refractivity contribution in [3.8, 4) is 0 Å². The zero-order valence-electron chi connectivity index (χ0n) is 15.0. The van der Waals surface area contributed by atoms with Crippen molar-refractivity contribution in [2.45, 2.75) is 43.9 Å². The van der Waals surface area contributed by atoms with Crippen molar-refractivity contribution >= 4 is 48.1 Å². The molecule has 0 aliphatic heterocycles. The van der Waals surface area contributed by atoms with Crippen molar-refractivity contribution in [2.75, 3.05) is 5.75 Å². The van der Waals surface area contributed by atoms with Gasteiger partial charge in [-0.2, -0.15) is 12.6 Å². The molecule has 5 amide bonds. The normalized spacial score (nSPS) is 14.7. The Morgan fingerprint density at radius 1 is 0.857 bits per heavy atom. The van der Waals surface area contributed by atoms with Crippen molar-refractivity contribution in [1.29, 1.82) is 0 Å². The third-order valence-electron chi connectivity index (χ3n) is 3.35. The fourth-order valence-electron chi connectivity index (χ4n) is 1.86. The second kappa shape index (κ2) is 11.8. The minimum atomic E-state index is -1.48. The summed E-state index contributed by atoms with van der Waals surface area (Å²) < 4.78 is 0. The second-order valence-electron chi connectivity index (χ2n) is 5.82. The Labute approximate surface area is 165 Å². The molecule has 28 heavy (non-hydrogen) atoms. The van der Waals surface area contributed by atoms with E-state index in [0.717, 1.165) is 0 Å². The molecule has 0 spiro atoms. The van der Waals surface area contributed by atoms with E-state index in [0.29, 0.717) is 0 Å². The monoisotopic (exact) mass is 420 g/mol. The lowest BCUT2D eigenvalue weighted by Gasteiger charge is -2.22. The number of carboxylic acid groups (broad SMARTS) is 1. The first-order chi connectivity index (χ1) is 12.9. The molecule has 0 fully saturated rings. The van der Waals surface area contributed by atoms with Crippen molar-refractivity contribution in [1.82, 2.24) is 16.0 Å². The predicted molar refractivity (Wildman–Crippen MR) is 98.6 cm³/mol. The molecule has 0 radical (unpaired) electrons. The van der Waals surface area contributed by atoms with Crippen LogP contribution in [0.1, 0.15) is 19.8 Å². The Balaban J connectivity index is 5.02. The number of nitrogens with one attached hydrogen (secondary N) is 3. The summed E-state index contributed by atoms with van der Waals surface area (Å²) in [4.78, 5) is 69.0. The lowest BCUT2D eigenvalue weighted by molar-refractivity contribution is -0.141. The van der Waals surface area contributed by atoms with Crippen LogP contribution in [-0.2, 0) is 28.8 Å². The van der Waals surface area contributed by atoms with Crippen molar-refractivity contribution in [2.24, 2.45) is 17.2 Å². The zero-order valence-corrected chi connectivity index (χ0v) is 15.9. The smallest absolute Gasteiger partial charge is 0.327 e. The molecule has 0 saturated carbocycles. The first-order valence-electron chi connectivity index (χ1n) is 7.96. The standard InChI is InChI=1S/C14H24N6O7S/c1-5(18-12(24)6(15)2-9(16)21)11(23)19-7(3-10(17)22)13(25)20-8(4-28)14(26)27/h5-8,28H,2-4,15H2,1H3,(H2,16,21)(H2,17,22)(H,18,24)(H,19,23)(H,20,25)(H,26,27). The van der Waals surface area contributed by atoms with E-state index in [1.165, 1.54) is 6.92 Å². The Kier molecular flexibility index (Phi) is 10.6. The number of amides is 5. The molecule has 14 heteroatoms. The van der Waals surface area contributed by atoms with Crippen LogP contribution >= 0.6 is 12.6 Å². The number of carbonyl (C=O) groups excluding carboxylic acids is 5. The van der Waals surface area contributed by atoms with Gasteiger partial charge in [0.25, 0.3) is 0 Å². The van der Waals surface area contributed by atoms with Gasteiger partial charge in [0.05, 0.1) is 18.9 Å². The van der Waals surface area contributed by atoms with Gasteiger partial charge in [-0.25, -0.2) is 4.79 Å². The highest BCUT2D eigenvalue weighted by molar-refractivity contribution is 7.80. The van der Waals surface area contributed by atoms with E-state index in [2.05, 4.69) is 28.6 Å². The minimum Gasteiger partial charge on any atom is -0.480 e. The average molecular weight is 420 g/mol. The molecular weight excluding hydrogens is 396 g/mol. The molecule has 13 nitrogen and oxygen atoms in total. The molecule has 158 valence electrons. The Bertz CT molecular complexity index is 644. The maximum Gasteiger partial charge on any atom is 0.327 e. The van der Waals surface area contributed by atoms with Crippen LogP contribution in [0.15, 0.2) is 0 Å². The summed E-state index contributed by atoms with van der Waals surface area (Å²) in [5.74, 6) is -6.03. The Morgan fingerprint density at radius 3 is 1.79 bits per heavy atom. The van der Waals surface area contributed by atoms with E-state index in [1.807, 2.05) is 0 Å². The molecular formula is C14H24N6O7S. The third kappa shape index (κ3) is 9.18. The number of aliphatic carboxylic acids is 1. The van der Waals surface area contributed by atoms with E-state index in [9.17, 15) is 28.8 Å². The van der Waals surface area contributed by atoms with E-state index in [1.54, 1.807) is 0 Å². The minimum absolute atomic E-state index is 0.234. The van der Waals surface area contributed by atoms with Crippen LogP contribution in [0, 0.1) is 0 Å². The van der Waals surface area contributed by atoms with Crippen LogP contribution in [0.2, 0.25) is 0 Å². The number of rotatable bonds is 12. The maximum atomic E-state index is 12.2. The first-order valence-corrected chi connectivity index (χ1v) is 8.59. The van der Waals surface area contributed by atoms with Crippen molar-refractivity contribution in [3.63, 3.8) is 0 Å². The molecule has 0 aliphatic carbocycles. The molecule has 0 rings (SSSR count). The number of carbonyl (C=O) groups is 6. The highest BCUT2D eigenvalue weighted by Gasteiger charge is 2.29. The molecule has 0 aromatic rings. The van der Waals surface area contributed by atoms with Gasteiger partial charge in [0, 0.05) is 5.75 Å². The Morgan fingerprint density at radius 2 is 1.36 bits per heavy atom.